The molecule has 0 aromatic carbocycles. The van der Waals surface area contributed by atoms with E-state index in [2.05, 4.69) is 30.9 Å². The molecule has 0 bridgehead atoms. The van der Waals surface area contributed by atoms with Gasteiger partial charge in [0.05, 0.1) is 17.0 Å². The Morgan fingerprint density at radius 3 is 2.44 bits per heavy atom. The largest absolute Gasteiger partial charge is 0.356 e. The molecule has 0 aliphatic carbocycles. The summed E-state index contributed by atoms with van der Waals surface area (Å²) in [5, 5.41) is 4.02. The molecule has 1 aliphatic heterocycles. The van der Waals surface area contributed by atoms with Gasteiger partial charge in [-0.2, -0.15) is 0 Å². The lowest BCUT2D eigenvalue weighted by molar-refractivity contribution is -0.135. The Labute approximate surface area is 161 Å². The summed E-state index contributed by atoms with van der Waals surface area (Å²) in [6.45, 7) is 13.7. The number of rotatable bonds is 3. The average molecular weight is 370 g/mol. The fourth-order valence-electron chi connectivity index (χ4n) is 3.49. The van der Waals surface area contributed by atoms with Crippen molar-refractivity contribution in [1.82, 2.24) is 20.0 Å². The zero-order valence-electron chi connectivity index (χ0n) is 17.2. The third-order valence-electron chi connectivity index (χ3n) is 5.07. The number of likely N-dealkylation sites (tertiary alicyclic amines) is 1. The van der Waals surface area contributed by atoms with Crippen LogP contribution in [0.1, 0.15) is 70.6 Å². The van der Waals surface area contributed by atoms with Crippen LogP contribution in [0.4, 0.5) is 0 Å². The average Bonchev–Trinajstić information content (AvgIpc) is 3.06. The summed E-state index contributed by atoms with van der Waals surface area (Å²) in [5.74, 6) is 2.10. The topological polar surface area (TPSA) is 72.1 Å². The Kier molecular flexibility index (Phi) is 5.36. The number of carbonyl (C=O) groups excluding carboxylic acids is 1. The van der Waals surface area contributed by atoms with Gasteiger partial charge in [0, 0.05) is 42.6 Å². The van der Waals surface area contributed by atoms with Crippen molar-refractivity contribution in [2.24, 2.45) is 5.92 Å². The maximum absolute atomic E-state index is 12.3. The SMILES string of the molecule is Cc1cc(-c2cnc(C(C)(C)C)nc2C2CCN(C(=O)C(C)C)CC2)on1. The highest BCUT2D eigenvalue weighted by Crippen LogP contribution is 2.35. The van der Waals surface area contributed by atoms with Crippen LogP contribution in [-0.4, -0.2) is 39.0 Å². The van der Waals surface area contributed by atoms with Crippen molar-refractivity contribution in [3.05, 3.63) is 29.5 Å². The highest BCUT2D eigenvalue weighted by atomic mass is 16.5. The molecule has 0 atom stereocenters. The Morgan fingerprint density at radius 2 is 1.93 bits per heavy atom. The minimum atomic E-state index is -0.126. The Hall–Kier alpha value is -2.24. The van der Waals surface area contributed by atoms with Gasteiger partial charge in [0.25, 0.3) is 0 Å². The number of amides is 1. The smallest absolute Gasteiger partial charge is 0.225 e. The van der Waals surface area contributed by atoms with E-state index < -0.39 is 0 Å². The van der Waals surface area contributed by atoms with E-state index in [0.717, 1.165) is 48.7 Å². The molecule has 1 aliphatic rings. The van der Waals surface area contributed by atoms with Crippen molar-refractivity contribution in [2.45, 2.75) is 65.7 Å². The van der Waals surface area contributed by atoms with Crippen LogP contribution in [0.3, 0.4) is 0 Å². The number of carbonyl (C=O) groups is 1. The van der Waals surface area contributed by atoms with Gasteiger partial charge in [0.15, 0.2) is 5.76 Å². The summed E-state index contributed by atoms with van der Waals surface area (Å²) in [6, 6.07) is 1.93. The van der Waals surface area contributed by atoms with Crippen molar-refractivity contribution in [3.8, 4) is 11.3 Å². The molecule has 6 heteroatoms. The molecular formula is C21H30N4O2. The first-order valence-corrected chi connectivity index (χ1v) is 9.76. The molecular weight excluding hydrogens is 340 g/mol. The molecule has 2 aromatic rings. The van der Waals surface area contributed by atoms with Gasteiger partial charge in [-0.25, -0.2) is 9.97 Å². The summed E-state index contributed by atoms with van der Waals surface area (Å²) >= 11 is 0. The zero-order chi connectivity index (χ0) is 19.8. The predicted molar refractivity (Wildman–Crippen MR) is 104 cm³/mol. The monoisotopic (exact) mass is 370 g/mol. The highest BCUT2D eigenvalue weighted by Gasteiger charge is 2.30. The minimum Gasteiger partial charge on any atom is -0.356 e. The van der Waals surface area contributed by atoms with E-state index in [1.54, 1.807) is 0 Å². The lowest BCUT2D eigenvalue weighted by Gasteiger charge is -2.33. The van der Waals surface area contributed by atoms with E-state index in [0.29, 0.717) is 5.76 Å². The van der Waals surface area contributed by atoms with Gasteiger partial charge in [-0.15, -0.1) is 0 Å². The lowest BCUT2D eigenvalue weighted by atomic mass is 9.88. The Balaban J connectivity index is 1.92. The van der Waals surface area contributed by atoms with E-state index in [9.17, 15) is 4.79 Å². The van der Waals surface area contributed by atoms with Gasteiger partial charge in [0.2, 0.25) is 5.91 Å². The lowest BCUT2D eigenvalue weighted by Crippen LogP contribution is -2.40. The zero-order valence-corrected chi connectivity index (χ0v) is 17.2. The van der Waals surface area contributed by atoms with Gasteiger partial charge in [-0.05, 0) is 19.8 Å². The number of aromatic nitrogens is 3. The van der Waals surface area contributed by atoms with Crippen LogP contribution in [0.2, 0.25) is 0 Å². The molecule has 27 heavy (non-hydrogen) atoms. The van der Waals surface area contributed by atoms with Gasteiger partial charge in [0.1, 0.15) is 5.82 Å². The number of nitrogens with zero attached hydrogens (tertiary/aromatic N) is 4. The van der Waals surface area contributed by atoms with Crippen LogP contribution < -0.4 is 0 Å². The van der Waals surface area contributed by atoms with Crippen LogP contribution in [0.25, 0.3) is 11.3 Å². The van der Waals surface area contributed by atoms with Gasteiger partial charge >= 0.3 is 0 Å². The standard InChI is InChI=1S/C21H30N4O2/c1-13(2)19(26)25-9-7-15(8-10-25)18-16(17-11-14(3)24-27-17)12-22-20(23-18)21(4,5)6/h11-13,15H,7-10H2,1-6H3. The normalized spacial score (nSPS) is 16.2. The predicted octanol–water partition coefficient (Wildman–Crippen LogP) is 4.10. The first-order chi connectivity index (χ1) is 12.7. The first kappa shape index (κ1) is 19.5. The van der Waals surface area contributed by atoms with Crippen molar-refractivity contribution < 1.29 is 9.32 Å². The van der Waals surface area contributed by atoms with Crippen molar-refractivity contribution >= 4 is 5.91 Å². The maximum atomic E-state index is 12.3. The molecule has 1 fully saturated rings. The third kappa shape index (κ3) is 4.20. The summed E-state index contributed by atoms with van der Waals surface area (Å²) in [6.07, 6.45) is 3.67. The Morgan fingerprint density at radius 1 is 1.26 bits per heavy atom. The van der Waals surface area contributed by atoms with E-state index in [4.69, 9.17) is 9.51 Å². The molecule has 0 saturated carbocycles. The summed E-state index contributed by atoms with van der Waals surface area (Å²) in [4.78, 5) is 23.8. The second-order valence-electron chi connectivity index (χ2n) is 8.83. The summed E-state index contributed by atoms with van der Waals surface area (Å²) in [5.41, 5.74) is 2.65. The summed E-state index contributed by atoms with van der Waals surface area (Å²) in [7, 11) is 0. The number of hydrogen-bond donors (Lipinski definition) is 0. The molecule has 0 N–H and O–H groups in total. The molecule has 3 rings (SSSR count). The van der Waals surface area contributed by atoms with Crippen LogP contribution >= 0.6 is 0 Å². The second-order valence-corrected chi connectivity index (χ2v) is 8.83. The van der Waals surface area contributed by atoms with Crippen LogP contribution in [0, 0.1) is 12.8 Å². The van der Waals surface area contributed by atoms with Crippen LogP contribution in [0.15, 0.2) is 16.8 Å². The molecule has 1 amide bonds. The highest BCUT2D eigenvalue weighted by molar-refractivity contribution is 5.78. The van der Waals surface area contributed by atoms with E-state index in [1.165, 1.54) is 0 Å². The van der Waals surface area contributed by atoms with E-state index >= 15 is 0 Å². The quantitative estimate of drug-likeness (QED) is 0.813. The molecule has 3 heterocycles. The summed E-state index contributed by atoms with van der Waals surface area (Å²) < 4.78 is 5.50. The van der Waals surface area contributed by atoms with E-state index in [-0.39, 0.29) is 23.2 Å². The molecule has 2 aromatic heterocycles. The molecule has 146 valence electrons. The fourth-order valence-corrected chi connectivity index (χ4v) is 3.49. The van der Waals surface area contributed by atoms with Crippen molar-refractivity contribution in [3.63, 3.8) is 0 Å². The number of aryl methyl sites for hydroxylation is 1. The molecule has 6 nitrogen and oxygen atoms in total. The van der Waals surface area contributed by atoms with Crippen LogP contribution in [0.5, 0.6) is 0 Å². The van der Waals surface area contributed by atoms with Crippen molar-refractivity contribution in [2.75, 3.05) is 13.1 Å². The van der Waals surface area contributed by atoms with Gasteiger partial charge in [-0.3, -0.25) is 4.79 Å². The minimum absolute atomic E-state index is 0.0424. The molecule has 0 spiro atoms. The fraction of sp³-hybridized carbons (Fsp3) is 0.619. The Bertz CT molecular complexity index is 812. The molecule has 1 saturated heterocycles. The molecule has 0 unspecified atom stereocenters. The van der Waals surface area contributed by atoms with Gasteiger partial charge < -0.3 is 9.42 Å². The van der Waals surface area contributed by atoms with Gasteiger partial charge in [-0.1, -0.05) is 39.8 Å². The molecule has 0 radical (unpaired) electrons. The van der Waals surface area contributed by atoms with Crippen molar-refractivity contribution in [1.29, 1.82) is 0 Å². The first-order valence-electron chi connectivity index (χ1n) is 9.76. The van der Waals surface area contributed by atoms with E-state index in [1.807, 2.05) is 37.9 Å². The second kappa shape index (κ2) is 7.41. The van der Waals surface area contributed by atoms with Crippen LogP contribution in [-0.2, 0) is 10.2 Å². The maximum Gasteiger partial charge on any atom is 0.225 e. The third-order valence-corrected chi connectivity index (χ3v) is 5.07. The number of piperidine rings is 1. The number of hydrogen-bond acceptors (Lipinski definition) is 5.